The number of carboxylic acids is 1. The quantitative estimate of drug-likeness (QED) is 0.0655. The van der Waals surface area contributed by atoms with Crippen molar-refractivity contribution in [3.8, 4) is 0 Å². The Balaban J connectivity index is 1.04. The van der Waals surface area contributed by atoms with Crippen LogP contribution >= 0.6 is 23.5 Å². The van der Waals surface area contributed by atoms with Gasteiger partial charge >= 0.3 is 5.97 Å². The SMILES string of the molecule is NCCCC[C@@H]1NC(=O)CCSCc2cccc(c2)CSC[C@@H](C(N)=O)CC(=O)[C@@H]2CCCN2C(=O)[C@H](Cc2ccccc2)NC(=O)[C@H](Cc2cnc[nH]2)NC(=O)[C@H](CC(=O)O)NC(=O)[C@H](CC2=CCc3ccc(F)cc32)NC(=O)[C@H](Cc2c[nH]c3ccc(F)cc23)NC(=O)CNC1=O. The number of benzene rings is 4. The highest BCUT2D eigenvalue weighted by Crippen LogP contribution is 2.32. The number of aromatic nitrogens is 3. The Hall–Kier alpha value is -9.74. The number of nitrogens with two attached hydrogens (primary N) is 2. The summed E-state index contributed by atoms with van der Waals surface area (Å²) in [5.74, 6) is -10.3. The van der Waals surface area contributed by atoms with Crippen molar-refractivity contribution >= 4 is 105 Å². The van der Waals surface area contributed by atoms with Crippen LogP contribution in [0.3, 0.4) is 0 Å². The van der Waals surface area contributed by atoms with Crippen LogP contribution in [0, 0.1) is 17.6 Å². The van der Waals surface area contributed by atoms with E-state index >= 15 is 14.4 Å². The molecule has 9 amide bonds. The number of imidazole rings is 1. The van der Waals surface area contributed by atoms with Gasteiger partial charge in [0.2, 0.25) is 53.2 Å². The summed E-state index contributed by atoms with van der Waals surface area (Å²) < 4.78 is 29.8. The molecule has 8 atom stereocenters. The van der Waals surface area contributed by atoms with Gasteiger partial charge in [0, 0.05) is 97.1 Å². The normalized spacial score (nSPS) is 22.7. The van der Waals surface area contributed by atoms with Crippen molar-refractivity contribution in [1.82, 2.24) is 57.1 Å². The lowest BCUT2D eigenvalue weighted by atomic mass is 9.97. The molecule has 29 heteroatoms. The van der Waals surface area contributed by atoms with E-state index in [0.717, 1.165) is 11.1 Å². The summed E-state index contributed by atoms with van der Waals surface area (Å²) in [6, 6.07) is 13.9. The molecule has 524 valence electrons. The van der Waals surface area contributed by atoms with E-state index in [0.29, 0.717) is 87.5 Å². The maximum atomic E-state index is 15.1. The minimum absolute atomic E-state index is 0.0288. The van der Waals surface area contributed by atoms with E-state index in [1.54, 1.807) is 42.5 Å². The number of halogens is 2. The van der Waals surface area contributed by atoms with Crippen LogP contribution in [0.5, 0.6) is 0 Å². The lowest BCUT2D eigenvalue weighted by molar-refractivity contribution is -0.142. The molecule has 0 saturated carbocycles. The lowest BCUT2D eigenvalue weighted by Crippen LogP contribution is -2.60. The molecule has 2 aromatic heterocycles. The molecule has 1 saturated heterocycles. The standard InChI is InChI=1S/C70H81F2N13O12S2/c71-47-17-16-43-14-15-44(50(43)29-47)26-55-67(94)83-57(32-63(89)90)69(96)82-56(31-49-34-75-39-78-49)68(95)84-58(25-40-8-2-1-3-9-40)70(97)85-22-7-13-59(85)60(86)28-46(64(74)91)38-99-37-42-11-6-10-41(24-42)36-98-23-20-61(87)79-53(12-4-5-21-73)65(92)77-35-62(88)80-54(66(93)81-55)27-45-33-76-52-19-18-48(72)30-51(45)52/h1-3,6,8-11,15-19,24,29-30,33-34,39,46,53-59,76H,4-5,7,12-14,20-23,25-28,31-32,35-38,73H2,(H2,74,91)(H,75,78)(H,77,92)(H,79,87)(H,80,88)(H,81,93)(H,82,96)(H,83,94)(H,84,95)(H,89,90)/t46-,53-,54-,55-,56-,57-,58-,59-/m0/s1. The van der Waals surface area contributed by atoms with Crippen LogP contribution in [0.25, 0.3) is 16.5 Å². The molecule has 14 N–H and O–H groups in total. The minimum atomic E-state index is -2.00. The summed E-state index contributed by atoms with van der Waals surface area (Å²) in [5.41, 5.74) is 16.7. The van der Waals surface area contributed by atoms with Gasteiger partial charge in [-0.1, -0.05) is 66.7 Å². The van der Waals surface area contributed by atoms with E-state index in [4.69, 9.17) is 11.5 Å². The highest BCUT2D eigenvalue weighted by atomic mass is 32.2. The number of hydrogen-bond acceptors (Lipinski definition) is 15. The molecule has 4 heterocycles. The van der Waals surface area contributed by atoms with E-state index < -0.39 is 144 Å². The summed E-state index contributed by atoms with van der Waals surface area (Å²) in [6.07, 6.45) is 5.44. The van der Waals surface area contributed by atoms with Crippen LogP contribution in [-0.4, -0.2) is 163 Å². The first kappa shape index (κ1) is 73.5. The van der Waals surface area contributed by atoms with Gasteiger partial charge in [-0.15, -0.1) is 0 Å². The van der Waals surface area contributed by atoms with Crippen LogP contribution < -0.4 is 48.7 Å². The zero-order valence-corrected chi connectivity index (χ0v) is 55.9. The molecule has 4 aromatic carbocycles. The number of aliphatic carboxylic acids is 1. The van der Waals surface area contributed by atoms with Gasteiger partial charge in [0.25, 0.3) is 0 Å². The number of thioether (sulfide) groups is 2. The van der Waals surface area contributed by atoms with Crippen LogP contribution in [0.2, 0.25) is 0 Å². The second-order valence-corrected chi connectivity index (χ2v) is 26.9. The van der Waals surface area contributed by atoms with Crippen LogP contribution in [0.1, 0.15) is 96.9 Å². The van der Waals surface area contributed by atoms with Crippen molar-refractivity contribution < 1.29 is 66.6 Å². The number of rotatable bonds is 15. The third kappa shape index (κ3) is 21.1. The number of carbonyl (C=O) groups excluding carboxylic acids is 10. The summed E-state index contributed by atoms with van der Waals surface area (Å²) in [6.45, 7) is -0.294. The second-order valence-electron chi connectivity index (χ2n) is 24.8. The van der Waals surface area contributed by atoms with E-state index in [1.807, 2.05) is 24.3 Å². The third-order valence-corrected chi connectivity index (χ3v) is 19.7. The molecule has 25 nitrogen and oxygen atoms in total. The first-order chi connectivity index (χ1) is 47.7. The number of nitrogens with one attached hydrogen (secondary N) is 9. The molecule has 2 aliphatic heterocycles. The van der Waals surface area contributed by atoms with Crippen molar-refractivity contribution in [2.45, 2.75) is 137 Å². The average molecular weight is 1400 g/mol. The van der Waals surface area contributed by atoms with E-state index in [2.05, 4.69) is 52.2 Å². The molecule has 0 radical (unpaired) electrons. The van der Waals surface area contributed by atoms with Gasteiger partial charge in [-0.25, -0.2) is 13.8 Å². The number of carboxylic acid groups (broad SMARTS) is 1. The van der Waals surface area contributed by atoms with Gasteiger partial charge < -0.3 is 68.7 Å². The number of primary amides is 1. The van der Waals surface area contributed by atoms with Crippen molar-refractivity contribution in [1.29, 1.82) is 0 Å². The lowest BCUT2D eigenvalue weighted by Gasteiger charge is -2.30. The van der Waals surface area contributed by atoms with E-state index in [9.17, 15) is 52.2 Å². The number of fused-ring (bicyclic) bond motifs is 5. The number of carbonyl (C=O) groups is 11. The van der Waals surface area contributed by atoms with E-state index in [-0.39, 0.29) is 63.7 Å². The summed E-state index contributed by atoms with van der Waals surface area (Å²) >= 11 is 2.89. The molecule has 3 aliphatic rings. The highest BCUT2D eigenvalue weighted by molar-refractivity contribution is 7.98. The van der Waals surface area contributed by atoms with Gasteiger partial charge in [-0.05, 0) is 114 Å². The Morgan fingerprint density at radius 3 is 2.07 bits per heavy atom. The Kier molecular flexibility index (Phi) is 26.5. The second kappa shape index (κ2) is 35.7. The Labute approximate surface area is 578 Å². The number of H-pyrrole nitrogens is 2. The Bertz CT molecular complexity index is 3950. The van der Waals surface area contributed by atoms with Crippen molar-refractivity contribution in [3.63, 3.8) is 0 Å². The van der Waals surface area contributed by atoms with E-state index in [1.165, 1.54) is 77.5 Å². The fourth-order valence-electron chi connectivity index (χ4n) is 12.3. The van der Waals surface area contributed by atoms with Gasteiger partial charge in [-0.2, -0.15) is 23.5 Å². The number of unbranched alkanes of at least 4 members (excludes halogenated alkanes) is 1. The number of amides is 9. The summed E-state index contributed by atoms with van der Waals surface area (Å²) in [4.78, 5) is 168. The molecule has 0 spiro atoms. The van der Waals surface area contributed by atoms with Gasteiger partial charge in [-0.3, -0.25) is 52.7 Å². The number of hydrogen-bond donors (Lipinski definition) is 12. The van der Waals surface area contributed by atoms with Crippen molar-refractivity contribution in [3.05, 3.63) is 167 Å². The number of aromatic amines is 2. The molecular formula is C70H81F2N13O12S2. The number of ketones is 1. The molecule has 2 bridgehead atoms. The monoisotopic (exact) mass is 1400 g/mol. The average Bonchev–Trinajstić information content (AvgIpc) is 1.75. The molecular weight excluding hydrogens is 1320 g/mol. The zero-order chi connectivity index (χ0) is 70.5. The summed E-state index contributed by atoms with van der Waals surface area (Å²) in [7, 11) is 0. The molecule has 9 rings (SSSR count). The van der Waals surface area contributed by atoms with Gasteiger partial charge in [0.05, 0.1) is 31.3 Å². The molecule has 99 heavy (non-hydrogen) atoms. The first-order valence-corrected chi connectivity index (χ1v) is 35.1. The minimum Gasteiger partial charge on any atom is -0.481 e. The smallest absolute Gasteiger partial charge is 0.305 e. The number of Topliss-reactive ketones (excluding diaryl/α,β-unsaturated/α-hetero) is 1. The largest absolute Gasteiger partial charge is 0.481 e. The summed E-state index contributed by atoms with van der Waals surface area (Å²) in [5, 5.41) is 29.1. The van der Waals surface area contributed by atoms with Crippen LogP contribution in [0.4, 0.5) is 8.78 Å². The molecule has 6 aromatic rings. The highest BCUT2D eigenvalue weighted by Gasteiger charge is 2.41. The predicted molar refractivity (Wildman–Crippen MR) is 367 cm³/mol. The van der Waals surface area contributed by atoms with Crippen LogP contribution in [0.15, 0.2) is 116 Å². The third-order valence-electron chi connectivity index (χ3n) is 17.5. The number of nitrogens with zero attached hydrogens (tertiary/aromatic N) is 2. The fraction of sp³-hybridized carbons (Fsp3) is 0.400. The molecule has 1 fully saturated rings. The van der Waals surface area contributed by atoms with Gasteiger partial charge in [0.1, 0.15) is 47.9 Å². The Morgan fingerprint density at radius 2 is 1.35 bits per heavy atom. The molecule has 1 aliphatic carbocycles. The maximum Gasteiger partial charge on any atom is 0.305 e. The first-order valence-electron chi connectivity index (χ1n) is 32.8. The topological polar surface area (TPSA) is 392 Å². The van der Waals surface area contributed by atoms with Crippen molar-refractivity contribution in [2.75, 3.05) is 31.1 Å². The zero-order valence-electron chi connectivity index (χ0n) is 54.3. The van der Waals surface area contributed by atoms with Crippen molar-refractivity contribution in [2.24, 2.45) is 17.4 Å². The molecule has 0 unspecified atom stereocenters. The Morgan fingerprint density at radius 1 is 0.677 bits per heavy atom. The predicted octanol–water partition coefficient (Wildman–Crippen LogP) is 3.48. The van der Waals surface area contributed by atoms with Gasteiger partial charge in [0.15, 0.2) is 5.78 Å². The maximum absolute atomic E-state index is 15.1. The fourth-order valence-corrected chi connectivity index (χ4v) is 14.3. The van der Waals surface area contributed by atoms with Crippen LogP contribution in [-0.2, 0) is 89.9 Å². The number of allylic oxidation sites excluding steroid dienone is 1.